The molecule has 19 heavy (non-hydrogen) atoms. The predicted octanol–water partition coefficient (Wildman–Crippen LogP) is 1.08. The van der Waals surface area contributed by atoms with Gasteiger partial charge >= 0.3 is 0 Å². The van der Waals surface area contributed by atoms with Crippen molar-refractivity contribution in [3.05, 3.63) is 24.0 Å². The zero-order valence-corrected chi connectivity index (χ0v) is 11.6. The number of hydrogen-bond donors (Lipinski definition) is 2. The quantitative estimate of drug-likeness (QED) is 0.852. The number of carbonyl (C=O) groups excluding carboxylic acids is 1. The summed E-state index contributed by atoms with van der Waals surface area (Å²) in [5.41, 5.74) is 2.07. The summed E-state index contributed by atoms with van der Waals surface area (Å²) in [5.74, 6) is 0.0863. The van der Waals surface area contributed by atoms with Crippen LogP contribution in [0.2, 0.25) is 0 Å². The van der Waals surface area contributed by atoms with Gasteiger partial charge in [0.15, 0.2) is 0 Å². The van der Waals surface area contributed by atoms with Crippen molar-refractivity contribution in [3.8, 4) is 0 Å². The van der Waals surface area contributed by atoms with E-state index in [1.54, 1.807) is 0 Å². The van der Waals surface area contributed by atoms with Gasteiger partial charge in [-0.3, -0.25) is 9.78 Å². The van der Waals surface area contributed by atoms with Gasteiger partial charge in [0.2, 0.25) is 5.91 Å². The molecule has 1 aliphatic rings. The Morgan fingerprint density at radius 2 is 2.37 bits per heavy atom. The van der Waals surface area contributed by atoms with E-state index in [1.165, 1.54) is 0 Å². The van der Waals surface area contributed by atoms with Crippen LogP contribution >= 0.6 is 0 Å². The standard InChI is InChI=1S/C14H22N4O/c1-3-12(15-2)13-6-5-11(9-17-13)18-8-4-7-16-14(19)10-18/h5-6,9,12,15H,3-4,7-8,10H2,1-2H3,(H,16,19). The molecule has 1 aromatic heterocycles. The number of hydrogen-bond acceptors (Lipinski definition) is 4. The fourth-order valence-corrected chi connectivity index (χ4v) is 2.38. The third-order valence-corrected chi connectivity index (χ3v) is 3.51. The number of aromatic nitrogens is 1. The lowest BCUT2D eigenvalue weighted by Gasteiger charge is -2.21. The second-order valence-corrected chi connectivity index (χ2v) is 4.82. The number of anilines is 1. The highest BCUT2D eigenvalue weighted by molar-refractivity contribution is 5.81. The Balaban J connectivity index is 2.10. The molecule has 1 amide bonds. The van der Waals surface area contributed by atoms with Gasteiger partial charge in [-0.25, -0.2) is 0 Å². The SMILES string of the molecule is CCC(NC)c1ccc(N2CCCNC(=O)C2)cn1. The Labute approximate surface area is 114 Å². The van der Waals surface area contributed by atoms with Crippen LogP contribution in [0.5, 0.6) is 0 Å². The van der Waals surface area contributed by atoms with Gasteiger partial charge in [0, 0.05) is 19.1 Å². The Kier molecular flexibility index (Phi) is 4.74. The van der Waals surface area contributed by atoms with Crippen molar-refractivity contribution >= 4 is 11.6 Å². The van der Waals surface area contributed by atoms with E-state index in [4.69, 9.17) is 0 Å². The highest BCUT2D eigenvalue weighted by atomic mass is 16.2. The maximum absolute atomic E-state index is 11.6. The summed E-state index contributed by atoms with van der Waals surface area (Å²) in [4.78, 5) is 18.1. The molecule has 1 unspecified atom stereocenters. The van der Waals surface area contributed by atoms with Crippen LogP contribution in [0.4, 0.5) is 5.69 Å². The fourth-order valence-electron chi connectivity index (χ4n) is 2.38. The number of nitrogens with one attached hydrogen (secondary N) is 2. The number of carbonyl (C=O) groups is 1. The Hall–Kier alpha value is -1.62. The normalized spacial score (nSPS) is 17.8. The molecule has 1 saturated heterocycles. The zero-order chi connectivity index (χ0) is 13.7. The molecular weight excluding hydrogens is 240 g/mol. The summed E-state index contributed by atoms with van der Waals surface area (Å²) in [7, 11) is 1.95. The summed E-state index contributed by atoms with van der Waals surface area (Å²) < 4.78 is 0. The van der Waals surface area contributed by atoms with Gasteiger partial charge in [-0.2, -0.15) is 0 Å². The summed E-state index contributed by atoms with van der Waals surface area (Å²) in [6, 6.07) is 4.39. The van der Waals surface area contributed by atoms with E-state index in [-0.39, 0.29) is 5.91 Å². The van der Waals surface area contributed by atoms with Crippen LogP contribution in [0.25, 0.3) is 0 Å². The third-order valence-electron chi connectivity index (χ3n) is 3.51. The number of pyridine rings is 1. The average molecular weight is 262 g/mol. The average Bonchev–Trinajstić information content (AvgIpc) is 2.66. The molecule has 5 heteroatoms. The first-order valence-electron chi connectivity index (χ1n) is 6.89. The first kappa shape index (κ1) is 13.8. The van der Waals surface area contributed by atoms with E-state index in [9.17, 15) is 4.79 Å². The van der Waals surface area contributed by atoms with E-state index in [0.717, 1.165) is 37.3 Å². The largest absolute Gasteiger partial charge is 0.361 e. The van der Waals surface area contributed by atoms with Gasteiger partial charge in [-0.1, -0.05) is 6.92 Å². The molecule has 0 bridgehead atoms. The molecule has 0 spiro atoms. The van der Waals surface area contributed by atoms with Crippen LogP contribution in [-0.4, -0.2) is 37.6 Å². The van der Waals surface area contributed by atoms with Crippen LogP contribution in [0, 0.1) is 0 Å². The highest BCUT2D eigenvalue weighted by Gasteiger charge is 2.16. The lowest BCUT2D eigenvalue weighted by molar-refractivity contribution is -0.119. The minimum absolute atomic E-state index is 0.0863. The van der Waals surface area contributed by atoms with E-state index < -0.39 is 0 Å². The van der Waals surface area contributed by atoms with Crippen molar-refractivity contribution in [2.75, 3.05) is 31.6 Å². The van der Waals surface area contributed by atoms with Gasteiger partial charge in [0.25, 0.3) is 0 Å². The molecule has 0 aromatic carbocycles. The zero-order valence-electron chi connectivity index (χ0n) is 11.6. The smallest absolute Gasteiger partial charge is 0.239 e. The van der Waals surface area contributed by atoms with Crippen molar-refractivity contribution < 1.29 is 4.79 Å². The van der Waals surface area contributed by atoms with Crippen molar-refractivity contribution in [3.63, 3.8) is 0 Å². The minimum Gasteiger partial charge on any atom is -0.361 e. The molecule has 0 radical (unpaired) electrons. The van der Waals surface area contributed by atoms with Crippen LogP contribution < -0.4 is 15.5 Å². The number of nitrogens with zero attached hydrogens (tertiary/aromatic N) is 2. The first-order valence-corrected chi connectivity index (χ1v) is 6.89. The summed E-state index contributed by atoms with van der Waals surface area (Å²) >= 11 is 0. The van der Waals surface area contributed by atoms with Crippen LogP contribution in [0.1, 0.15) is 31.5 Å². The monoisotopic (exact) mass is 262 g/mol. The number of amides is 1. The molecule has 5 nitrogen and oxygen atoms in total. The lowest BCUT2D eigenvalue weighted by Crippen LogP contribution is -2.33. The Morgan fingerprint density at radius 3 is 3.00 bits per heavy atom. The maximum Gasteiger partial charge on any atom is 0.239 e. The topological polar surface area (TPSA) is 57.3 Å². The van der Waals surface area contributed by atoms with Gasteiger partial charge in [-0.05, 0) is 32.0 Å². The lowest BCUT2D eigenvalue weighted by atomic mass is 10.1. The highest BCUT2D eigenvalue weighted by Crippen LogP contribution is 2.18. The second-order valence-electron chi connectivity index (χ2n) is 4.82. The predicted molar refractivity (Wildman–Crippen MR) is 76.2 cm³/mol. The minimum atomic E-state index is 0.0863. The summed E-state index contributed by atoms with van der Waals surface area (Å²) in [5, 5.41) is 6.12. The van der Waals surface area contributed by atoms with Crippen LogP contribution in [-0.2, 0) is 4.79 Å². The molecule has 1 aromatic rings. The molecule has 0 aliphatic carbocycles. The summed E-state index contributed by atoms with van der Waals surface area (Å²) in [6.07, 6.45) is 3.85. The van der Waals surface area contributed by atoms with E-state index in [1.807, 2.05) is 19.3 Å². The molecule has 1 atom stereocenters. The summed E-state index contributed by atoms with van der Waals surface area (Å²) in [6.45, 7) is 4.21. The Morgan fingerprint density at radius 1 is 1.53 bits per heavy atom. The van der Waals surface area contributed by atoms with Crippen molar-refractivity contribution in [1.29, 1.82) is 0 Å². The van der Waals surface area contributed by atoms with E-state index in [0.29, 0.717) is 12.6 Å². The van der Waals surface area contributed by atoms with Gasteiger partial charge in [-0.15, -0.1) is 0 Å². The fraction of sp³-hybridized carbons (Fsp3) is 0.571. The van der Waals surface area contributed by atoms with Crippen molar-refractivity contribution in [2.45, 2.75) is 25.8 Å². The third kappa shape index (κ3) is 3.44. The molecule has 1 aliphatic heterocycles. The van der Waals surface area contributed by atoms with Gasteiger partial charge in [0.1, 0.15) is 0 Å². The molecule has 0 saturated carbocycles. The van der Waals surface area contributed by atoms with Crippen molar-refractivity contribution in [2.24, 2.45) is 0 Å². The van der Waals surface area contributed by atoms with Crippen LogP contribution in [0.15, 0.2) is 18.3 Å². The van der Waals surface area contributed by atoms with E-state index in [2.05, 4.69) is 33.5 Å². The maximum atomic E-state index is 11.6. The molecular formula is C14H22N4O. The first-order chi connectivity index (χ1) is 9.24. The van der Waals surface area contributed by atoms with Gasteiger partial charge < -0.3 is 15.5 Å². The molecule has 1 fully saturated rings. The van der Waals surface area contributed by atoms with Gasteiger partial charge in [0.05, 0.1) is 24.1 Å². The molecule has 104 valence electrons. The van der Waals surface area contributed by atoms with Crippen LogP contribution in [0.3, 0.4) is 0 Å². The number of rotatable bonds is 4. The molecule has 2 heterocycles. The van der Waals surface area contributed by atoms with E-state index >= 15 is 0 Å². The van der Waals surface area contributed by atoms with Crippen molar-refractivity contribution in [1.82, 2.24) is 15.6 Å². The second kappa shape index (κ2) is 6.52. The Bertz CT molecular complexity index is 414. The molecule has 2 N–H and O–H groups in total. The molecule has 2 rings (SSSR count).